The summed E-state index contributed by atoms with van der Waals surface area (Å²) in [5, 5.41) is 3.41. The normalized spacial score (nSPS) is 14.6. The zero-order valence-corrected chi connectivity index (χ0v) is 18.4. The summed E-state index contributed by atoms with van der Waals surface area (Å²) in [5.74, 6) is 0.844. The van der Waals surface area contributed by atoms with E-state index in [-0.39, 0.29) is 5.91 Å². The molecule has 1 fully saturated rings. The summed E-state index contributed by atoms with van der Waals surface area (Å²) in [5.41, 5.74) is 3.19. The van der Waals surface area contributed by atoms with Gasteiger partial charge in [0, 0.05) is 19.2 Å². The van der Waals surface area contributed by atoms with Crippen molar-refractivity contribution >= 4 is 23.6 Å². The second kappa shape index (κ2) is 11.0. The highest BCUT2D eigenvalue weighted by molar-refractivity contribution is 6.32. The predicted octanol–water partition coefficient (Wildman–Crippen LogP) is 4.67. The Bertz CT molecular complexity index is 892. The van der Waals surface area contributed by atoms with E-state index in [1.54, 1.807) is 25.3 Å². The predicted molar refractivity (Wildman–Crippen MR) is 121 cm³/mol. The molecule has 3 rings (SSSR count). The molecule has 0 spiro atoms. The summed E-state index contributed by atoms with van der Waals surface area (Å²) in [6.45, 7) is 3.74. The van der Waals surface area contributed by atoms with Crippen LogP contribution in [0.15, 0.2) is 42.5 Å². The molecule has 1 saturated heterocycles. The lowest BCUT2D eigenvalue weighted by Gasteiger charge is -2.27. The van der Waals surface area contributed by atoms with Crippen LogP contribution in [0.1, 0.15) is 36.0 Å². The van der Waals surface area contributed by atoms with E-state index >= 15 is 0 Å². The molecule has 160 valence electrons. The van der Waals surface area contributed by atoms with Gasteiger partial charge in [-0.1, -0.05) is 42.3 Å². The fraction of sp³-hybridized carbons (Fsp3) is 0.375. The number of nitrogens with zero attached hydrogens (tertiary/aromatic N) is 1. The molecule has 2 aromatic rings. The van der Waals surface area contributed by atoms with Crippen molar-refractivity contribution < 1.29 is 14.3 Å². The Morgan fingerprint density at radius 1 is 1.10 bits per heavy atom. The highest BCUT2D eigenvalue weighted by atomic mass is 35.5. The number of carbonyl (C=O) groups is 1. The molecule has 1 aliphatic rings. The lowest BCUT2D eigenvalue weighted by atomic mass is 10.0. The fourth-order valence-corrected chi connectivity index (χ4v) is 3.99. The Kier molecular flexibility index (Phi) is 8.17. The second-order valence-electron chi connectivity index (χ2n) is 7.39. The largest absolute Gasteiger partial charge is 0.493 e. The van der Waals surface area contributed by atoms with Crippen LogP contribution in [0.2, 0.25) is 5.02 Å². The van der Waals surface area contributed by atoms with Crippen molar-refractivity contribution in [1.82, 2.24) is 10.2 Å². The highest BCUT2D eigenvalue weighted by Crippen LogP contribution is 2.36. The van der Waals surface area contributed by atoms with Gasteiger partial charge in [-0.15, -0.1) is 0 Å². The van der Waals surface area contributed by atoms with Gasteiger partial charge in [0.2, 0.25) is 5.91 Å². The van der Waals surface area contributed by atoms with E-state index in [0.29, 0.717) is 23.1 Å². The highest BCUT2D eigenvalue weighted by Gasteiger charge is 2.13. The monoisotopic (exact) mass is 428 g/mol. The number of halogens is 1. The first-order valence-corrected chi connectivity index (χ1v) is 10.6. The van der Waals surface area contributed by atoms with Crippen LogP contribution in [0.5, 0.6) is 11.5 Å². The first-order chi connectivity index (χ1) is 14.6. The molecule has 2 aromatic carbocycles. The molecule has 0 bridgehead atoms. The number of hydrogen-bond donors (Lipinski definition) is 1. The topological polar surface area (TPSA) is 50.8 Å². The number of hydrogen-bond acceptors (Lipinski definition) is 4. The number of nitrogens with one attached hydrogen (secondary N) is 1. The van der Waals surface area contributed by atoms with Gasteiger partial charge in [-0.25, -0.2) is 0 Å². The van der Waals surface area contributed by atoms with Crippen molar-refractivity contribution in [3.05, 3.63) is 64.2 Å². The van der Waals surface area contributed by atoms with Gasteiger partial charge in [0.25, 0.3) is 0 Å². The van der Waals surface area contributed by atoms with Gasteiger partial charge >= 0.3 is 0 Å². The molecule has 0 unspecified atom stereocenters. The smallest absolute Gasteiger partial charge is 0.244 e. The molecule has 0 aliphatic carbocycles. The first-order valence-electron chi connectivity index (χ1n) is 10.3. The molecular weight excluding hydrogens is 400 g/mol. The summed E-state index contributed by atoms with van der Waals surface area (Å²) < 4.78 is 10.5. The van der Waals surface area contributed by atoms with Gasteiger partial charge in [0.15, 0.2) is 11.5 Å². The summed E-state index contributed by atoms with van der Waals surface area (Å²) in [4.78, 5) is 14.8. The van der Waals surface area contributed by atoms with E-state index in [9.17, 15) is 4.79 Å². The molecule has 1 heterocycles. The van der Waals surface area contributed by atoms with E-state index in [4.69, 9.17) is 21.1 Å². The van der Waals surface area contributed by atoms with E-state index in [2.05, 4.69) is 28.4 Å². The van der Waals surface area contributed by atoms with Crippen LogP contribution < -0.4 is 14.8 Å². The average molecular weight is 429 g/mol. The van der Waals surface area contributed by atoms with Crippen LogP contribution in [-0.2, 0) is 17.9 Å². The first kappa shape index (κ1) is 22.2. The van der Waals surface area contributed by atoms with Crippen LogP contribution in [0, 0.1) is 0 Å². The number of carbonyl (C=O) groups excluding carboxylic acids is 1. The average Bonchev–Trinajstić information content (AvgIpc) is 2.77. The van der Waals surface area contributed by atoms with Crippen molar-refractivity contribution in [2.75, 3.05) is 27.3 Å². The van der Waals surface area contributed by atoms with Gasteiger partial charge in [-0.2, -0.15) is 0 Å². The Morgan fingerprint density at radius 2 is 1.83 bits per heavy atom. The van der Waals surface area contributed by atoms with Crippen LogP contribution in [0.3, 0.4) is 0 Å². The van der Waals surface area contributed by atoms with Gasteiger partial charge < -0.3 is 14.8 Å². The molecule has 1 amide bonds. The number of ether oxygens (including phenoxy) is 2. The molecular formula is C24H29ClN2O3. The van der Waals surface area contributed by atoms with Crippen LogP contribution in [0.4, 0.5) is 0 Å². The van der Waals surface area contributed by atoms with E-state index < -0.39 is 0 Å². The zero-order chi connectivity index (χ0) is 21.3. The maximum Gasteiger partial charge on any atom is 0.244 e. The minimum absolute atomic E-state index is 0.159. The number of amides is 1. The van der Waals surface area contributed by atoms with Crippen molar-refractivity contribution in [2.45, 2.75) is 32.4 Å². The molecule has 6 heteroatoms. The van der Waals surface area contributed by atoms with E-state index in [0.717, 1.165) is 30.8 Å². The van der Waals surface area contributed by atoms with Crippen molar-refractivity contribution in [2.24, 2.45) is 0 Å². The van der Waals surface area contributed by atoms with Crippen LogP contribution in [0.25, 0.3) is 6.08 Å². The quantitative estimate of drug-likeness (QED) is 0.620. The molecule has 30 heavy (non-hydrogen) atoms. The standard InChI is InChI=1S/C24H29ClN2O3/c1-29-22-15-18(14-21(25)24(22)30-2)10-11-23(28)26-16-19-8-4-5-9-20(19)17-27-12-6-3-7-13-27/h4-5,8-11,14-15H,3,6-7,12-13,16-17H2,1-2H3,(H,26,28)/b11-10+. The number of rotatable bonds is 8. The maximum absolute atomic E-state index is 12.4. The van der Waals surface area contributed by atoms with Crippen LogP contribution >= 0.6 is 11.6 Å². The lowest BCUT2D eigenvalue weighted by Crippen LogP contribution is -2.30. The third kappa shape index (κ3) is 6.00. The third-order valence-electron chi connectivity index (χ3n) is 5.30. The van der Waals surface area contributed by atoms with Gasteiger partial charge in [-0.3, -0.25) is 9.69 Å². The zero-order valence-electron chi connectivity index (χ0n) is 17.6. The SMILES string of the molecule is COc1cc(/C=C/C(=O)NCc2ccccc2CN2CCCCC2)cc(Cl)c1OC. The number of likely N-dealkylation sites (tertiary alicyclic amines) is 1. The minimum atomic E-state index is -0.159. The molecule has 0 aromatic heterocycles. The van der Waals surface area contributed by atoms with E-state index in [1.807, 2.05) is 6.07 Å². The van der Waals surface area contributed by atoms with E-state index in [1.165, 1.54) is 38.0 Å². The molecule has 0 atom stereocenters. The van der Waals surface area contributed by atoms with Crippen molar-refractivity contribution in [1.29, 1.82) is 0 Å². The molecule has 0 saturated carbocycles. The number of methoxy groups -OCH3 is 2. The Balaban J connectivity index is 1.60. The summed E-state index contributed by atoms with van der Waals surface area (Å²) in [7, 11) is 3.09. The summed E-state index contributed by atoms with van der Waals surface area (Å²) in [6.07, 6.45) is 7.08. The van der Waals surface area contributed by atoms with Gasteiger partial charge in [-0.05, 0) is 60.8 Å². The van der Waals surface area contributed by atoms with Gasteiger partial charge in [0.1, 0.15) is 0 Å². The van der Waals surface area contributed by atoms with Gasteiger partial charge in [0.05, 0.1) is 19.2 Å². The fourth-order valence-electron chi connectivity index (χ4n) is 3.69. The number of benzene rings is 2. The Morgan fingerprint density at radius 3 is 2.53 bits per heavy atom. The maximum atomic E-state index is 12.4. The minimum Gasteiger partial charge on any atom is -0.493 e. The molecule has 0 radical (unpaired) electrons. The number of piperidine rings is 1. The third-order valence-corrected chi connectivity index (χ3v) is 5.58. The summed E-state index contributed by atoms with van der Waals surface area (Å²) >= 11 is 6.22. The molecule has 5 nitrogen and oxygen atoms in total. The Hall–Kier alpha value is -2.50. The summed E-state index contributed by atoms with van der Waals surface area (Å²) in [6, 6.07) is 11.8. The van der Waals surface area contributed by atoms with Crippen molar-refractivity contribution in [3.8, 4) is 11.5 Å². The lowest BCUT2D eigenvalue weighted by molar-refractivity contribution is -0.116. The molecule has 1 N–H and O–H groups in total. The second-order valence-corrected chi connectivity index (χ2v) is 7.80. The Labute approximate surface area is 183 Å². The van der Waals surface area contributed by atoms with Crippen LogP contribution in [-0.4, -0.2) is 38.1 Å². The van der Waals surface area contributed by atoms with Crippen molar-refractivity contribution in [3.63, 3.8) is 0 Å². The molecule has 1 aliphatic heterocycles.